The van der Waals surface area contributed by atoms with Crippen molar-refractivity contribution in [3.63, 3.8) is 0 Å². The molecule has 0 aliphatic rings. The summed E-state index contributed by atoms with van der Waals surface area (Å²) in [5, 5.41) is 0. The van der Waals surface area contributed by atoms with E-state index in [0.717, 1.165) is 12.4 Å². The summed E-state index contributed by atoms with van der Waals surface area (Å²) < 4.78 is 0. The van der Waals surface area contributed by atoms with Gasteiger partial charge in [-0.1, -0.05) is 44.2 Å². The fourth-order valence-corrected chi connectivity index (χ4v) is 1.74. The summed E-state index contributed by atoms with van der Waals surface area (Å²) in [4.78, 5) is 6.56. The van der Waals surface area contributed by atoms with E-state index in [-0.39, 0.29) is 0 Å². The molecular weight excluding hydrogens is 184 g/mol. The van der Waals surface area contributed by atoms with E-state index in [4.69, 9.17) is 0 Å². The number of aliphatic imine (C=N–C) groups is 1. The molecule has 0 fully saturated rings. The van der Waals surface area contributed by atoms with E-state index in [1.807, 2.05) is 25.2 Å². The Balaban J connectivity index is 2.82. The molecule has 1 aromatic carbocycles. The molecule has 0 bridgehead atoms. The maximum Gasteiger partial charge on any atom is 0.130 e. The molecule has 1 aromatic rings. The SMILES string of the molecule is CN=C(c1ccccc1)N(C)CC(C)C. The van der Waals surface area contributed by atoms with Gasteiger partial charge in [0.15, 0.2) is 0 Å². The number of rotatable bonds is 3. The van der Waals surface area contributed by atoms with Gasteiger partial charge in [-0.2, -0.15) is 0 Å². The van der Waals surface area contributed by atoms with Gasteiger partial charge >= 0.3 is 0 Å². The van der Waals surface area contributed by atoms with Crippen LogP contribution in [-0.4, -0.2) is 31.4 Å². The van der Waals surface area contributed by atoms with E-state index in [1.165, 1.54) is 5.56 Å². The molecule has 1 rings (SSSR count). The molecule has 0 aliphatic carbocycles. The van der Waals surface area contributed by atoms with Crippen LogP contribution in [0.15, 0.2) is 35.3 Å². The normalized spacial score (nSPS) is 11.9. The Morgan fingerprint density at radius 3 is 2.33 bits per heavy atom. The second kappa shape index (κ2) is 5.54. The molecule has 0 atom stereocenters. The van der Waals surface area contributed by atoms with Gasteiger partial charge in [-0.15, -0.1) is 0 Å². The van der Waals surface area contributed by atoms with Gasteiger partial charge < -0.3 is 4.90 Å². The minimum atomic E-state index is 0.649. The van der Waals surface area contributed by atoms with Gasteiger partial charge in [0.05, 0.1) is 0 Å². The van der Waals surface area contributed by atoms with Gasteiger partial charge in [0.25, 0.3) is 0 Å². The highest BCUT2D eigenvalue weighted by atomic mass is 15.2. The number of amidine groups is 1. The minimum Gasteiger partial charge on any atom is -0.359 e. The molecule has 82 valence electrons. The second-order valence-corrected chi connectivity index (χ2v) is 4.19. The lowest BCUT2D eigenvalue weighted by Gasteiger charge is -2.23. The summed E-state index contributed by atoms with van der Waals surface area (Å²) in [6.07, 6.45) is 0. The topological polar surface area (TPSA) is 15.6 Å². The first-order valence-corrected chi connectivity index (χ1v) is 5.38. The lowest BCUT2D eigenvalue weighted by atomic mass is 10.1. The quantitative estimate of drug-likeness (QED) is 0.546. The van der Waals surface area contributed by atoms with Crippen molar-refractivity contribution in [3.05, 3.63) is 35.9 Å². The Morgan fingerprint density at radius 2 is 1.87 bits per heavy atom. The monoisotopic (exact) mass is 204 g/mol. The molecule has 15 heavy (non-hydrogen) atoms. The highest BCUT2D eigenvalue weighted by molar-refractivity contribution is 5.98. The zero-order valence-corrected chi connectivity index (χ0v) is 10.1. The zero-order valence-electron chi connectivity index (χ0n) is 10.1. The van der Waals surface area contributed by atoms with Crippen LogP contribution < -0.4 is 0 Å². The van der Waals surface area contributed by atoms with Crippen molar-refractivity contribution in [1.82, 2.24) is 4.90 Å². The number of nitrogens with zero attached hydrogens (tertiary/aromatic N) is 2. The standard InChI is InChI=1S/C13H20N2/c1-11(2)10-15(4)13(14-3)12-8-6-5-7-9-12/h5-9,11H,10H2,1-4H3. The Bertz CT molecular complexity index is 315. The maximum atomic E-state index is 4.35. The first-order valence-electron chi connectivity index (χ1n) is 5.38. The first kappa shape index (κ1) is 11.8. The van der Waals surface area contributed by atoms with Crippen LogP contribution in [-0.2, 0) is 0 Å². The Hall–Kier alpha value is -1.31. The van der Waals surface area contributed by atoms with Gasteiger partial charge in [0.1, 0.15) is 5.84 Å². The van der Waals surface area contributed by atoms with E-state index in [0.29, 0.717) is 5.92 Å². The predicted octanol–water partition coefficient (Wildman–Crippen LogP) is 2.65. The van der Waals surface area contributed by atoms with Crippen LogP contribution in [0.25, 0.3) is 0 Å². The summed E-state index contributed by atoms with van der Waals surface area (Å²) in [6.45, 7) is 5.46. The molecule has 0 unspecified atom stereocenters. The Labute approximate surface area is 92.6 Å². The van der Waals surface area contributed by atoms with Crippen molar-refractivity contribution in [3.8, 4) is 0 Å². The molecule has 0 spiro atoms. The van der Waals surface area contributed by atoms with Crippen LogP contribution in [0.5, 0.6) is 0 Å². The molecular formula is C13H20N2. The summed E-state index contributed by atoms with van der Waals surface area (Å²) in [7, 11) is 3.94. The highest BCUT2D eigenvalue weighted by Crippen LogP contribution is 2.06. The van der Waals surface area contributed by atoms with Crippen molar-refractivity contribution in [2.75, 3.05) is 20.6 Å². The van der Waals surface area contributed by atoms with Crippen molar-refractivity contribution < 1.29 is 0 Å². The summed E-state index contributed by atoms with van der Waals surface area (Å²) in [5.74, 6) is 1.71. The molecule has 0 aliphatic heterocycles. The Kier molecular flexibility index (Phi) is 4.35. The van der Waals surface area contributed by atoms with Crippen LogP contribution in [0.3, 0.4) is 0 Å². The second-order valence-electron chi connectivity index (χ2n) is 4.19. The Morgan fingerprint density at radius 1 is 1.27 bits per heavy atom. The lowest BCUT2D eigenvalue weighted by Crippen LogP contribution is -2.31. The third-order valence-corrected chi connectivity index (χ3v) is 2.24. The minimum absolute atomic E-state index is 0.649. The summed E-state index contributed by atoms with van der Waals surface area (Å²) in [5.41, 5.74) is 1.18. The average Bonchev–Trinajstić information content (AvgIpc) is 2.19. The van der Waals surface area contributed by atoms with Gasteiger partial charge in [-0.05, 0) is 5.92 Å². The molecule has 2 nitrogen and oxygen atoms in total. The van der Waals surface area contributed by atoms with Crippen LogP contribution in [0.2, 0.25) is 0 Å². The van der Waals surface area contributed by atoms with E-state index < -0.39 is 0 Å². The van der Waals surface area contributed by atoms with E-state index >= 15 is 0 Å². The molecule has 0 saturated heterocycles. The summed E-state index contributed by atoms with van der Waals surface area (Å²) >= 11 is 0. The molecule has 0 radical (unpaired) electrons. The number of hydrogen-bond acceptors (Lipinski definition) is 1. The fraction of sp³-hybridized carbons (Fsp3) is 0.462. The first-order chi connectivity index (χ1) is 7.15. The molecule has 0 N–H and O–H groups in total. The fourth-order valence-electron chi connectivity index (χ4n) is 1.74. The van der Waals surface area contributed by atoms with Crippen molar-refractivity contribution in [2.24, 2.45) is 10.9 Å². The van der Waals surface area contributed by atoms with Crippen LogP contribution in [0.1, 0.15) is 19.4 Å². The van der Waals surface area contributed by atoms with Gasteiger partial charge in [-0.25, -0.2) is 0 Å². The molecule has 0 aromatic heterocycles. The van der Waals surface area contributed by atoms with Crippen molar-refractivity contribution >= 4 is 5.84 Å². The number of hydrogen-bond donors (Lipinski definition) is 0. The highest BCUT2D eigenvalue weighted by Gasteiger charge is 2.09. The van der Waals surface area contributed by atoms with E-state index in [2.05, 4.69) is 42.9 Å². The smallest absolute Gasteiger partial charge is 0.130 e. The van der Waals surface area contributed by atoms with Crippen LogP contribution in [0.4, 0.5) is 0 Å². The van der Waals surface area contributed by atoms with Crippen LogP contribution in [0, 0.1) is 5.92 Å². The van der Waals surface area contributed by atoms with Crippen LogP contribution >= 0.6 is 0 Å². The number of benzene rings is 1. The maximum absolute atomic E-state index is 4.35. The van der Waals surface area contributed by atoms with Crippen molar-refractivity contribution in [1.29, 1.82) is 0 Å². The molecule has 0 heterocycles. The van der Waals surface area contributed by atoms with E-state index in [1.54, 1.807) is 0 Å². The zero-order chi connectivity index (χ0) is 11.3. The largest absolute Gasteiger partial charge is 0.359 e. The summed E-state index contributed by atoms with van der Waals surface area (Å²) in [6, 6.07) is 10.3. The van der Waals surface area contributed by atoms with E-state index in [9.17, 15) is 0 Å². The van der Waals surface area contributed by atoms with Gasteiger partial charge in [0, 0.05) is 26.2 Å². The third kappa shape index (κ3) is 3.39. The molecule has 2 heteroatoms. The average molecular weight is 204 g/mol. The molecule has 0 saturated carbocycles. The third-order valence-electron chi connectivity index (χ3n) is 2.24. The lowest BCUT2D eigenvalue weighted by molar-refractivity contribution is 0.425. The predicted molar refractivity (Wildman–Crippen MR) is 66.4 cm³/mol. The molecule has 0 amide bonds. The van der Waals surface area contributed by atoms with Crippen molar-refractivity contribution in [2.45, 2.75) is 13.8 Å². The van der Waals surface area contributed by atoms with Gasteiger partial charge in [0.2, 0.25) is 0 Å². The van der Waals surface area contributed by atoms with Gasteiger partial charge in [-0.3, -0.25) is 4.99 Å².